The molecule has 0 amide bonds. The molecule has 0 bridgehead atoms. The SMILES string of the molecule is Nc1ccccc1S(=O)(=O)NCc1cccc(Br)c1. The zero-order chi connectivity index (χ0) is 13.9. The average Bonchev–Trinajstić information content (AvgIpc) is 2.37. The normalized spacial score (nSPS) is 11.4. The third-order valence-electron chi connectivity index (χ3n) is 2.56. The lowest BCUT2D eigenvalue weighted by Crippen LogP contribution is -2.24. The van der Waals surface area contributed by atoms with Crippen LogP contribution in [0.1, 0.15) is 5.56 Å². The fourth-order valence-electron chi connectivity index (χ4n) is 1.63. The van der Waals surface area contributed by atoms with Gasteiger partial charge in [0.1, 0.15) is 4.90 Å². The van der Waals surface area contributed by atoms with E-state index in [9.17, 15) is 8.42 Å². The minimum Gasteiger partial charge on any atom is -0.398 e. The number of hydrogen-bond donors (Lipinski definition) is 2. The van der Waals surface area contributed by atoms with Crippen molar-refractivity contribution in [3.8, 4) is 0 Å². The third-order valence-corrected chi connectivity index (χ3v) is 4.53. The Hall–Kier alpha value is -1.37. The number of anilines is 1. The van der Waals surface area contributed by atoms with Crippen molar-refractivity contribution in [1.29, 1.82) is 0 Å². The summed E-state index contributed by atoms with van der Waals surface area (Å²) in [5.41, 5.74) is 6.78. The second-order valence-corrected chi connectivity index (χ2v) is 6.64. The van der Waals surface area contributed by atoms with Crippen molar-refractivity contribution < 1.29 is 8.42 Å². The number of para-hydroxylation sites is 1. The van der Waals surface area contributed by atoms with Gasteiger partial charge in [-0.2, -0.15) is 0 Å². The molecule has 0 heterocycles. The molecule has 0 aliphatic carbocycles. The third kappa shape index (κ3) is 3.56. The fourth-order valence-corrected chi connectivity index (χ4v) is 3.22. The zero-order valence-corrected chi connectivity index (χ0v) is 12.4. The molecule has 4 nitrogen and oxygen atoms in total. The van der Waals surface area contributed by atoms with Crippen LogP contribution in [0.3, 0.4) is 0 Å². The first kappa shape index (κ1) is 14.0. The Morgan fingerprint density at radius 2 is 1.84 bits per heavy atom. The van der Waals surface area contributed by atoms with Gasteiger partial charge in [0.25, 0.3) is 0 Å². The summed E-state index contributed by atoms with van der Waals surface area (Å²) in [4.78, 5) is 0.102. The lowest BCUT2D eigenvalue weighted by atomic mass is 10.2. The van der Waals surface area contributed by atoms with Gasteiger partial charge in [-0.15, -0.1) is 0 Å². The van der Waals surface area contributed by atoms with Crippen molar-refractivity contribution in [2.45, 2.75) is 11.4 Å². The maximum atomic E-state index is 12.1. The molecule has 0 fully saturated rings. The van der Waals surface area contributed by atoms with Gasteiger partial charge in [0.2, 0.25) is 10.0 Å². The second-order valence-electron chi connectivity index (χ2n) is 3.99. The smallest absolute Gasteiger partial charge is 0.242 e. The lowest BCUT2D eigenvalue weighted by molar-refractivity contribution is 0.581. The summed E-state index contributed by atoms with van der Waals surface area (Å²) in [5, 5.41) is 0. The molecule has 0 aliphatic rings. The number of sulfonamides is 1. The predicted molar refractivity (Wildman–Crippen MR) is 79.0 cm³/mol. The number of hydrogen-bond acceptors (Lipinski definition) is 3. The molecular weight excluding hydrogens is 328 g/mol. The van der Waals surface area contributed by atoms with E-state index in [2.05, 4.69) is 20.7 Å². The molecule has 0 radical (unpaired) electrons. The van der Waals surface area contributed by atoms with Crippen LogP contribution >= 0.6 is 15.9 Å². The number of nitrogens with two attached hydrogens (primary N) is 1. The standard InChI is InChI=1S/C13H13BrN2O2S/c14-11-5-3-4-10(8-11)9-16-19(17,18)13-7-2-1-6-12(13)15/h1-8,16H,9,15H2. The maximum Gasteiger partial charge on any atom is 0.242 e. The number of rotatable bonds is 4. The number of halogens is 1. The highest BCUT2D eigenvalue weighted by Gasteiger charge is 2.16. The van der Waals surface area contributed by atoms with Crippen molar-refractivity contribution in [2.75, 3.05) is 5.73 Å². The average molecular weight is 341 g/mol. The highest BCUT2D eigenvalue weighted by Crippen LogP contribution is 2.18. The predicted octanol–water partition coefficient (Wildman–Crippen LogP) is 2.51. The summed E-state index contributed by atoms with van der Waals surface area (Å²) in [6.07, 6.45) is 0. The Morgan fingerprint density at radius 3 is 2.53 bits per heavy atom. The lowest BCUT2D eigenvalue weighted by Gasteiger charge is -2.09. The fraction of sp³-hybridized carbons (Fsp3) is 0.0769. The molecular formula is C13H13BrN2O2S. The Labute approximate surface area is 120 Å². The first-order valence-electron chi connectivity index (χ1n) is 5.58. The Morgan fingerprint density at radius 1 is 1.11 bits per heavy atom. The van der Waals surface area contributed by atoms with E-state index in [-0.39, 0.29) is 17.1 Å². The second kappa shape index (κ2) is 5.73. The van der Waals surface area contributed by atoms with E-state index >= 15 is 0 Å². The summed E-state index contributed by atoms with van der Waals surface area (Å²) in [7, 11) is -3.59. The van der Waals surface area contributed by atoms with Crippen LogP contribution in [-0.2, 0) is 16.6 Å². The van der Waals surface area contributed by atoms with E-state index in [4.69, 9.17) is 5.73 Å². The van der Waals surface area contributed by atoms with E-state index in [0.717, 1.165) is 10.0 Å². The molecule has 0 unspecified atom stereocenters. The van der Waals surface area contributed by atoms with Crippen molar-refractivity contribution in [3.63, 3.8) is 0 Å². The first-order chi connectivity index (χ1) is 8.99. The summed E-state index contributed by atoms with van der Waals surface area (Å²) in [6.45, 7) is 0.218. The van der Waals surface area contributed by atoms with Crippen molar-refractivity contribution in [1.82, 2.24) is 4.72 Å². The minimum atomic E-state index is -3.59. The molecule has 2 rings (SSSR count). The monoisotopic (exact) mass is 340 g/mol. The van der Waals surface area contributed by atoms with Gasteiger partial charge in [0, 0.05) is 11.0 Å². The Kier molecular flexibility index (Phi) is 4.24. The van der Waals surface area contributed by atoms with Crippen molar-refractivity contribution >= 4 is 31.6 Å². The summed E-state index contributed by atoms with van der Waals surface area (Å²) in [6, 6.07) is 13.8. The molecule has 19 heavy (non-hydrogen) atoms. The summed E-state index contributed by atoms with van der Waals surface area (Å²) in [5.74, 6) is 0. The van der Waals surface area contributed by atoms with Gasteiger partial charge in [-0.3, -0.25) is 0 Å². The molecule has 0 spiro atoms. The number of nitrogen functional groups attached to an aromatic ring is 1. The van der Waals surface area contributed by atoms with Gasteiger partial charge in [-0.1, -0.05) is 40.2 Å². The Balaban J connectivity index is 2.17. The van der Waals surface area contributed by atoms with Crippen LogP contribution < -0.4 is 10.5 Å². The molecule has 3 N–H and O–H groups in total. The maximum absolute atomic E-state index is 12.1. The van der Waals surface area contributed by atoms with Gasteiger partial charge < -0.3 is 5.73 Å². The molecule has 0 aliphatic heterocycles. The van der Waals surface area contributed by atoms with Crippen LogP contribution in [0.5, 0.6) is 0 Å². The highest BCUT2D eigenvalue weighted by molar-refractivity contribution is 9.10. The summed E-state index contributed by atoms with van der Waals surface area (Å²) < 4.78 is 27.7. The van der Waals surface area contributed by atoms with E-state index in [1.54, 1.807) is 18.2 Å². The van der Waals surface area contributed by atoms with E-state index in [1.165, 1.54) is 6.07 Å². The van der Waals surface area contributed by atoms with Crippen molar-refractivity contribution in [3.05, 3.63) is 58.6 Å². The van der Waals surface area contributed by atoms with Crippen molar-refractivity contribution in [2.24, 2.45) is 0 Å². The van der Waals surface area contributed by atoms with E-state index in [1.807, 2.05) is 24.3 Å². The van der Waals surface area contributed by atoms with Gasteiger partial charge in [-0.05, 0) is 29.8 Å². The van der Waals surface area contributed by atoms with Gasteiger partial charge in [0.15, 0.2) is 0 Å². The molecule has 2 aromatic rings. The highest BCUT2D eigenvalue weighted by atomic mass is 79.9. The van der Waals surface area contributed by atoms with Crippen LogP contribution in [0.25, 0.3) is 0 Å². The molecule has 2 aromatic carbocycles. The number of nitrogens with one attached hydrogen (secondary N) is 1. The molecule has 100 valence electrons. The van der Waals surface area contributed by atoms with Gasteiger partial charge in [0.05, 0.1) is 5.69 Å². The number of benzene rings is 2. The molecule has 0 aromatic heterocycles. The van der Waals surface area contributed by atoms with Crippen LogP contribution in [0.15, 0.2) is 57.9 Å². The Bertz CT molecular complexity index is 687. The molecule has 0 saturated heterocycles. The van der Waals surface area contributed by atoms with E-state index < -0.39 is 10.0 Å². The quantitative estimate of drug-likeness (QED) is 0.840. The zero-order valence-electron chi connectivity index (χ0n) is 10.0. The molecule has 0 saturated carbocycles. The van der Waals surface area contributed by atoms with Crippen LogP contribution in [-0.4, -0.2) is 8.42 Å². The van der Waals surface area contributed by atoms with Gasteiger partial charge >= 0.3 is 0 Å². The van der Waals surface area contributed by atoms with Gasteiger partial charge in [-0.25, -0.2) is 13.1 Å². The molecule has 6 heteroatoms. The van der Waals surface area contributed by atoms with Crippen LogP contribution in [0.4, 0.5) is 5.69 Å². The first-order valence-corrected chi connectivity index (χ1v) is 7.85. The van der Waals surface area contributed by atoms with Crippen LogP contribution in [0, 0.1) is 0 Å². The van der Waals surface area contributed by atoms with E-state index in [0.29, 0.717) is 0 Å². The summed E-state index contributed by atoms with van der Waals surface area (Å²) >= 11 is 3.34. The largest absolute Gasteiger partial charge is 0.398 e. The minimum absolute atomic E-state index is 0.102. The molecule has 0 atom stereocenters. The topological polar surface area (TPSA) is 72.2 Å². The van der Waals surface area contributed by atoms with Crippen LogP contribution in [0.2, 0.25) is 0 Å².